The van der Waals surface area contributed by atoms with Crippen LogP contribution >= 0.6 is 11.3 Å². The van der Waals surface area contributed by atoms with Crippen molar-refractivity contribution in [3.63, 3.8) is 0 Å². The number of amides is 1. The number of benzene rings is 2. The molecular weight excluding hydrogens is 462 g/mol. The van der Waals surface area contributed by atoms with Gasteiger partial charge < -0.3 is 14.2 Å². The standard InChI is InChI=1S/C23H27N3O5S2/c1-3-18-15-32-23(25-18)21(14-17-6-11-20(12-7-17)31-33(24,28)29)26-22(27)13-8-16-4-9-19(30-2)10-5-16/h4-7,9-12,15,21H,3,8,13-14H2,1-2H3,(H,26,27)(H2,24,28,29). The molecule has 1 atom stereocenters. The molecule has 1 amide bonds. The minimum absolute atomic E-state index is 0.0711. The normalized spacial score (nSPS) is 12.2. The highest BCUT2D eigenvalue weighted by Gasteiger charge is 2.19. The van der Waals surface area contributed by atoms with Crippen LogP contribution < -0.4 is 19.4 Å². The van der Waals surface area contributed by atoms with Gasteiger partial charge in [0.05, 0.1) is 18.8 Å². The number of carbonyl (C=O) groups is 1. The Morgan fingerprint density at radius 3 is 2.30 bits per heavy atom. The van der Waals surface area contributed by atoms with Crippen LogP contribution in [-0.4, -0.2) is 26.4 Å². The molecule has 1 unspecified atom stereocenters. The number of rotatable bonds is 11. The molecule has 3 N–H and O–H groups in total. The lowest BCUT2D eigenvalue weighted by atomic mass is 10.1. The number of ether oxygens (including phenoxy) is 1. The summed E-state index contributed by atoms with van der Waals surface area (Å²) in [7, 11) is -2.46. The van der Waals surface area contributed by atoms with Crippen LogP contribution in [0.3, 0.4) is 0 Å². The average Bonchev–Trinajstić information content (AvgIpc) is 3.27. The van der Waals surface area contributed by atoms with Crippen LogP contribution in [0.2, 0.25) is 0 Å². The summed E-state index contributed by atoms with van der Waals surface area (Å²) >= 11 is 1.51. The van der Waals surface area contributed by atoms with Crippen molar-refractivity contribution in [1.29, 1.82) is 0 Å². The first-order valence-electron chi connectivity index (χ1n) is 10.4. The van der Waals surface area contributed by atoms with E-state index in [1.54, 1.807) is 19.2 Å². The molecular formula is C23H27N3O5S2. The number of aromatic nitrogens is 1. The van der Waals surface area contributed by atoms with Gasteiger partial charge in [-0.3, -0.25) is 4.79 Å². The van der Waals surface area contributed by atoms with Crippen LogP contribution in [-0.2, 0) is 34.4 Å². The first kappa shape index (κ1) is 24.7. The summed E-state index contributed by atoms with van der Waals surface area (Å²) in [5.41, 5.74) is 2.92. The fourth-order valence-corrected chi connectivity index (χ4v) is 4.54. The number of carbonyl (C=O) groups excluding carboxylic acids is 1. The van der Waals surface area contributed by atoms with Gasteiger partial charge in [0.1, 0.15) is 16.5 Å². The molecule has 33 heavy (non-hydrogen) atoms. The third kappa shape index (κ3) is 7.85. The zero-order chi connectivity index (χ0) is 23.8. The minimum Gasteiger partial charge on any atom is -0.497 e. The molecule has 3 aromatic rings. The van der Waals surface area contributed by atoms with Gasteiger partial charge in [0.25, 0.3) is 0 Å². The van der Waals surface area contributed by atoms with E-state index < -0.39 is 10.3 Å². The third-order valence-electron chi connectivity index (χ3n) is 4.94. The molecule has 0 saturated carbocycles. The summed E-state index contributed by atoms with van der Waals surface area (Å²) in [5, 5.41) is 10.8. The van der Waals surface area contributed by atoms with Gasteiger partial charge in [-0.25, -0.2) is 4.98 Å². The number of thiazole rings is 1. The first-order valence-corrected chi connectivity index (χ1v) is 12.8. The van der Waals surface area contributed by atoms with Gasteiger partial charge in [0.15, 0.2) is 0 Å². The highest BCUT2D eigenvalue weighted by atomic mass is 32.2. The van der Waals surface area contributed by atoms with Gasteiger partial charge in [0.2, 0.25) is 5.91 Å². The Morgan fingerprint density at radius 2 is 1.73 bits per heavy atom. The number of methoxy groups -OCH3 is 1. The lowest BCUT2D eigenvalue weighted by Gasteiger charge is -2.17. The summed E-state index contributed by atoms with van der Waals surface area (Å²) in [6.07, 6.45) is 2.27. The van der Waals surface area contributed by atoms with Crippen molar-refractivity contribution < 1.29 is 22.1 Å². The van der Waals surface area contributed by atoms with Crippen molar-refractivity contribution in [2.75, 3.05) is 7.11 Å². The zero-order valence-electron chi connectivity index (χ0n) is 18.5. The maximum atomic E-state index is 12.7. The Morgan fingerprint density at radius 1 is 1.09 bits per heavy atom. The molecule has 1 heterocycles. The molecule has 0 aliphatic rings. The molecule has 3 rings (SSSR count). The average molecular weight is 490 g/mol. The summed E-state index contributed by atoms with van der Waals surface area (Å²) in [6, 6.07) is 13.9. The maximum Gasteiger partial charge on any atom is 0.380 e. The Hall–Kier alpha value is -2.95. The minimum atomic E-state index is -4.08. The van der Waals surface area contributed by atoms with Crippen molar-refractivity contribution in [2.24, 2.45) is 5.14 Å². The molecule has 0 aliphatic carbocycles. The quantitative estimate of drug-likeness (QED) is 0.426. The van der Waals surface area contributed by atoms with Crippen LogP contribution in [0.15, 0.2) is 53.9 Å². The summed E-state index contributed by atoms with van der Waals surface area (Å²) in [5.74, 6) is 0.835. The molecule has 0 radical (unpaired) electrons. The van der Waals surface area contributed by atoms with E-state index in [9.17, 15) is 13.2 Å². The Kier molecular flexibility index (Phi) is 8.43. The van der Waals surface area contributed by atoms with E-state index in [2.05, 4.69) is 14.5 Å². The molecule has 0 bridgehead atoms. The fourth-order valence-electron chi connectivity index (χ4n) is 3.21. The molecule has 0 aliphatic heterocycles. The monoisotopic (exact) mass is 489 g/mol. The van der Waals surface area contributed by atoms with Crippen LogP contribution in [0.4, 0.5) is 0 Å². The number of hydrogen-bond donors (Lipinski definition) is 2. The van der Waals surface area contributed by atoms with Crippen LogP contribution in [0.1, 0.15) is 41.2 Å². The molecule has 0 fully saturated rings. The van der Waals surface area contributed by atoms with Gasteiger partial charge in [-0.2, -0.15) is 13.6 Å². The number of nitrogens with two attached hydrogens (primary N) is 1. The van der Waals surface area contributed by atoms with Gasteiger partial charge in [-0.1, -0.05) is 31.2 Å². The van der Waals surface area contributed by atoms with Crippen molar-refractivity contribution >= 4 is 27.5 Å². The van der Waals surface area contributed by atoms with Gasteiger partial charge in [0, 0.05) is 11.8 Å². The number of hydrogen-bond acceptors (Lipinski definition) is 7. The van der Waals surface area contributed by atoms with Crippen molar-refractivity contribution in [1.82, 2.24) is 10.3 Å². The molecule has 10 heteroatoms. The van der Waals surface area contributed by atoms with E-state index >= 15 is 0 Å². The topological polar surface area (TPSA) is 121 Å². The molecule has 2 aromatic carbocycles. The second kappa shape index (κ2) is 11.3. The highest BCUT2D eigenvalue weighted by Crippen LogP contribution is 2.24. The SMILES string of the molecule is CCc1csc(C(Cc2ccc(OS(N)(=O)=O)cc2)NC(=O)CCc2ccc(OC)cc2)n1. The van der Waals surface area contributed by atoms with E-state index in [-0.39, 0.29) is 17.7 Å². The van der Waals surface area contributed by atoms with Crippen molar-refractivity contribution in [3.05, 3.63) is 75.7 Å². The molecule has 1 aromatic heterocycles. The maximum absolute atomic E-state index is 12.7. The Bertz CT molecular complexity index is 1160. The van der Waals surface area contributed by atoms with E-state index in [0.717, 1.165) is 34.0 Å². The largest absolute Gasteiger partial charge is 0.497 e. The second-order valence-electron chi connectivity index (χ2n) is 7.42. The van der Waals surface area contributed by atoms with Crippen LogP contribution in [0.25, 0.3) is 0 Å². The zero-order valence-corrected chi connectivity index (χ0v) is 20.1. The predicted molar refractivity (Wildman–Crippen MR) is 128 cm³/mol. The van der Waals surface area contributed by atoms with Crippen molar-refractivity contribution in [3.8, 4) is 11.5 Å². The van der Waals surface area contributed by atoms with Crippen LogP contribution in [0.5, 0.6) is 11.5 Å². The van der Waals surface area contributed by atoms with E-state index in [4.69, 9.17) is 9.88 Å². The van der Waals surface area contributed by atoms with E-state index in [0.29, 0.717) is 19.3 Å². The third-order valence-corrected chi connectivity index (χ3v) is 6.37. The van der Waals surface area contributed by atoms with Gasteiger partial charge in [-0.15, -0.1) is 11.3 Å². The lowest BCUT2D eigenvalue weighted by Crippen LogP contribution is -2.30. The van der Waals surface area contributed by atoms with E-state index in [1.165, 1.54) is 23.5 Å². The number of nitrogens with zero attached hydrogens (tertiary/aromatic N) is 1. The lowest BCUT2D eigenvalue weighted by molar-refractivity contribution is -0.121. The molecule has 0 saturated heterocycles. The van der Waals surface area contributed by atoms with E-state index in [1.807, 2.05) is 36.6 Å². The summed E-state index contributed by atoms with van der Waals surface area (Å²) in [4.78, 5) is 17.4. The molecule has 0 spiro atoms. The van der Waals surface area contributed by atoms with Crippen molar-refractivity contribution in [2.45, 2.75) is 38.6 Å². The predicted octanol–water partition coefficient (Wildman–Crippen LogP) is 3.33. The summed E-state index contributed by atoms with van der Waals surface area (Å²) < 4.78 is 32.0. The number of aryl methyl sites for hydroxylation is 2. The Labute approximate surface area is 198 Å². The number of nitrogens with one attached hydrogen (secondary N) is 1. The van der Waals surface area contributed by atoms with Crippen LogP contribution in [0, 0.1) is 0 Å². The smallest absolute Gasteiger partial charge is 0.380 e. The molecule has 8 nitrogen and oxygen atoms in total. The molecule has 176 valence electrons. The fraction of sp³-hybridized carbons (Fsp3) is 0.304. The highest BCUT2D eigenvalue weighted by molar-refractivity contribution is 7.84. The van der Waals surface area contributed by atoms with Gasteiger partial charge in [-0.05, 0) is 54.7 Å². The second-order valence-corrected chi connectivity index (χ2v) is 9.46. The first-order chi connectivity index (χ1) is 15.8. The van der Waals surface area contributed by atoms with Gasteiger partial charge >= 0.3 is 10.3 Å². The summed E-state index contributed by atoms with van der Waals surface area (Å²) in [6.45, 7) is 2.03. The Balaban J connectivity index is 1.68.